The molecule has 0 fully saturated rings. The lowest BCUT2D eigenvalue weighted by atomic mass is 9.96. The molecule has 1 unspecified atom stereocenters. The lowest BCUT2D eigenvalue weighted by Crippen LogP contribution is -2.30. The van der Waals surface area contributed by atoms with Crippen molar-refractivity contribution in [3.8, 4) is 5.75 Å². The summed E-state index contributed by atoms with van der Waals surface area (Å²) in [4.78, 5) is 0.279. The molecule has 0 saturated carbocycles. The number of ether oxygens (including phenoxy) is 1. The van der Waals surface area contributed by atoms with Gasteiger partial charge < -0.3 is 4.74 Å². The summed E-state index contributed by atoms with van der Waals surface area (Å²) in [6.07, 6.45) is 0. The van der Waals surface area contributed by atoms with E-state index in [1.54, 1.807) is 26.2 Å². The van der Waals surface area contributed by atoms with E-state index in [0.29, 0.717) is 11.3 Å². The molecule has 0 spiro atoms. The van der Waals surface area contributed by atoms with Crippen LogP contribution in [0.5, 0.6) is 5.75 Å². The van der Waals surface area contributed by atoms with E-state index in [1.807, 2.05) is 75.4 Å². The molecule has 0 saturated heterocycles. The summed E-state index contributed by atoms with van der Waals surface area (Å²) in [5.41, 5.74) is 4.38. The van der Waals surface area contributed by atoms with Gasteiger partial charge in [0.1, 0.15) is 5.75 Å². The average molecular weight is 424 g/mol. The number of sulfonamides is 1. The van der Waals surface area contributed by atoms with Crippen LogP contribution in [0.4, 0.5) is 0 Å². The Morgan fingerprint density at radius 2 is 1.47 bits per heavy atom. The van der Waals surface area contributed by atoms with Gasteiger partial charge in [0.2, 0.25) is 10.0 Å². The monoisotopic (exact) mass is 423 g/mol. The topological polar surface area (TPSA) is 55.4 Å². The van der Waals surface area contributed by atoms with Crippen LogP contribution < -0.4 is 9.46 Å². The highest BCUT2D eigenvalue weighted by atomic mass is 32.2. The highest BCUT2D eigenvalue weighted by Crippen LogP contribution is 2.33. The minimum absolute atomic E-state index is 0.135. The standard InChI is InChI=1S/C25H29NO3S/c1-17(2)22-16-24(19(4)15-23(22)29-5)30(27,28)26-25(20-12-7-6-8-13-20)21-14-10-9-11-18(21)3/h6-17,25-26H,1-5H3. The summed E-state index contributed by atoms with van der Waals surface area (Å²) < 4.78 is 35.5. The summed E-state index contributed by atoms with van der Waals surface area (Å²) in [5, 5.41) is 0. The Balaban J connectivity index is 2.11. The van der Waals surface area contributed by atoms with Crippen LogP contribution in [0.2, 0.25) is 0 Å². The van der Waals surface area contributed by atoms with E-state index in [0.717, 1.165) is 22.3 Å². The molecule has 0 radical (unpaired) electrons. The first kappa shape index (κ1) is 22.1. The van der Waals surface area contributed by atoms with Crippen molar-refractivity contribution in [3.05, 3.63) is 94.5 Å². The van der Waals surface area contributed by atoms with Crippen LogP contribution in [-0.4, -0.2) is 15.5 Å². The van der Waals surface area contributed by atoms with Crippen LogP contribution in [-0.2, 0) is 10.0 Å². The molecule has 4 nitrogen and oxygen atoms in total. The maximum atomic E-state index is 13.5. The molecule has 0 aromatic heterocycles. The van der Waals surface area contributed by atoms with Crippen molar-refractivity contribution in [3.63, 3.8) is 0 Å². The Kier molecular flexibility index (Phi) is 6.64. The number of hydrogen-bond acceptors (Lipinski definition) is 3. The molecule has 158 valence electrons. The van der Waals surface area contributed by atoms with Crippen LogP contribution in [0.15, 0.2) is 71.6 Å². The molecule has 3 aromatic rings. The molecular weight excluding hydrogens is 394 g/mol. The Morgan fingerprint density at radius 1 is 0.833 bits per heavy atom. The van der Waals surface area contributed by atoms with Crippen molar-refractivity contribution in [2.75, 3.05) is 7.11 Å². The molecule has 0 amide bonds. The van der Waals surface area contributed by atoms with Gasteiger partial charge in [-0.25, -0.2) is 8.42 Å². The van der Waals surface area contributed by atoms with Crippen molar-refractivity contribution in [2.45, 2.75) is 44.6 Å². The Hall–Kier alpha value is -2.63. The fourth-order valence-electron chi connectivity index (χ4n) is 3.68. The molecule has 3 rings (SSSR count). The first-order chi connectivity index (χ1) is 14.2. The van der Waals surface area contributed by atoms with Crippen molar-refractivity contribution < 1.29 is 13.2 Å². The largest absolute Gasteiger partial charge is 0.496 e. The third-order valence-electron chi connectivity index (χ3n) is 5.34. The van der Waals surface area contributed by atoms with E-state index >= 15 is 0 Å². The zero-order chi connectivity index (χ0) is 21.9. The Labute approximate surface area is 180 Å². The SMILES string of the molecule is COc1cc(C)c(S(=O)(=O)NC(c2ccccc2)c2ccccc2C)cc1C(C)C. The van der Waals surface area contributed by atoms with E-state index < -0.39 is 16.1 Å². The lowest BCUT2D eigenvalue weighted by molar-refractivity contribution is 0.406. The lowest BCUT2D eigenvalue weighted by Gasteiger charge is -2.23. The predicted molar refractivity (Wildman–Crippen MR) is 122 cm³/mol. The summed E-state index contributed by atoms with van der Waals surface area (Å²) in [5.74, 6) is 0.843. The van der Waals surface area contributed by atoms with E-state index in [2.05, 4.69) is 4.72 Å². The molecule has 3 aromatic carbocycles. The molecule has 0 aliphatic rings. The first-order valence-electron chi connectivity index (χ1n) is 10.1. The van der Waals surface area contributed by atoms with Crippen LogP contribution >= 0.6 is 0 Å². The van der Waals surface area contributed by atoms with Gasteiger partial charge in [0.15, 0.2) is 0 Å². The molecule has 0 aliphatic carbocycles. The van der Waals surface area contributed by atoms with Gasteiger partial charge in [0, 0.05) is 0 Å². The molecule has 0 heterocycles. The first-order valence-corrected chi connectivity index (χ1v) is 11.5. The van der Waals surface area contributed by atoms with E-state index in [4.69, 9.17) is 4.74 Å². The van der Waals surface area contributed by atoms with Gasteiger partial charge in [-0.05, 0) is 59.7 Å². The maximum Gasteiger partial charge on any atom is 0.241 e. The number of methoxy groups -OCH3 is 1. The third kappa shape index (κ3) is 4.58. The van der Waals surface area contributed by atoms with E-state index in [-0.39, 0.29) is 10.8 Å². The van der Waals surface area contributed by atoms with Gasteiger partial charge in [0.05, 0.1) is 18.0 Å². The number of aryl methyl sites for hydroxylation is 2. The van der Waals surface area contributed by atoms with Crippen molar-refractivity contribution in [2.24, 2.45) is 0 Å². The van der Waals surface area contributed by atoms with Gasteiger partial charge in [-0.1, -0.05) is 68.4 Å². The molecule has 5 heteroatoms. The van der Waals surface area contributed by atoms with Crippen molar-refractivity contribution in [1.29, 1.82) is 0 Å². The predicted octanol–water partition coefficient (Wildman–Crippen LogP) is 5.50. The smallest absolute Gasteiger partial charge is 0.241 e. The van der Waals surface area contributed by atoms with Crippen LogP contribution in [0.1, 0.15) is 53.6 Å². The Morgan fingerprint density at radius 3 is 2.07 bits per heavy atom. The second kappa shape index (κ2) is 9.02. The zero-order valence-corrected chi connectivity index (χ0v) is 19.0. The average Bonchev–Trinajstić information content (AvgIpc) is 2.72. The molecule has 1 atom stereocenters. The van der Waals surface area contributed by atoms with Crippen LogP contribution in [0.3, 0.4) is 0 Å². The van der Waals surface area contributed by atoms with Gasteiger partial charge in [-0.2, -0.15) is 4.72 Å². The number of nitrogens with one attached hydrogen (secondary N) is 1. The molecular formula is C25H29NO3S. The Bertz CT molecular complexity index is 1120. The highest BCUT2D eigenvalue weighted by molar-refractivity contribution is 7.89. The van der Waals surface area contributed by atoms with Gasteiger partial charge >= 0.3 is 0 Å². The highest BCUT2D eigenvalue weighted by Gasteiger charge is 2.26. The van der Waals surface area contributed by atoms with Gasteiger partial charge in [0.25, 0.3) is 0 Å². The zero-order valence-electron chi connectivity index (χ0n) is 18.1. The second-order valence-electron chi connectivity index (χ2n) is 7.84. The molecule has 1 N–H and O–H groups in total. The molecule has 30 heavy (non-hydrogen) atoms. The number of benzene rings is 3. The molecule has 0 aliphatic heterocycles. The minimum Gasteiger partial charge on any atom is -0.496 e. The van der Waals surface area contributed by atoms with E-state index in [9.17, 15) is 8.42 Å². The van der Waals surface area contributed by atoms with Crippen LogP contribution in [0.25, 0.3) is 0 Å². The quantitative estimate of drug-likeness (QED) is 0.546. The fraction of sp³-hybridized carbons (Fsp3) is 0.280. The van der Waals surface area contributed by atoms with Gasteiger partial charge in [-0.15, -0.1) is 0 Å². The maximum absolute atomic E-state index is 13.5. The number of rotatable bonds is 7. The molecule has 0 bridgehead atoms. The number of hydrogen-bond donors (Lipinski definition) is 1. The van der Waals surface area contributed by atoms with Crippen molar-refractivity contribution >= 4 is 10.0 Å². The summed E-state index contributed by atoms with van der Waals surface area (Å²) in [6, 6.07) is 20.6. The third-order valence-corrected chi connectivity index (χ3v) is 6.91. The van der Waals surface area contributed by atoms with E-state index in [1.165, 1.54) is 0 Å². The van der Waals surface area contributed by atoms with Gasteiger partial charge in [-0.3, -0.25) is 0 Å². The fourth-order valence-corrected chi connectivity index (χ4v) is 5.15. The summed E-state index contributed by atoms with van der Waals surface area (Å²) >= 11 is 0. The summed E-state index contributed by atoms with van der Waals surface area (Å²) in [7, 11) is -2.18. The van der Waals surface area contributed by atoms with Crippen molar-refractivity contribution in [1.82, 2.24) is 4.72 Å². The summed E-state index contributed by atoms with van der Waals surface area (Å²) in [6.45, 7) is 7.84. The normalized spacial score (nSPS) is 12.7. The minimum atomic E-state index is -3.79. The van der Waals surface area contributed by atoms with Crippen LogP contribution in [0, 0.1) is 13.8 Å². The second-order valence-corrected chi connectivity index (χ2v) is 9.52.